The molecule has 7 aromatic carbocycles. The Hall–Kier alpha value is -6.39. The summed E-state index contributed by atoms with van der Waals surface area (Å²) >= 11 is 3.53. The fourth-order valence-corrected chi connectivity index (χ4v) is 9.83. The van der Waals surface area contributed by atoms with Crippen LogP contribution in [-0.4, -0.2) is 14.5 Å². The van der Waals surface area contributed by atoms with E-state index in [2.05, 4.69) is 132 Å². The molecule has 236 valence electrons. The Morgan fingerprint density at radius 2 is 1.20 bits per heavy atom. The third-order valence-corrected chi connectivity index (χ3v) is 12.3. The van der Waals surface area contributed by atoms with E-state index < -0.39 is 0 Å². The van der Waals surface area contributed by atoms with Gasteiger partial charge in [-0.05, 0) is 76.5 Å². The molecule has 4 nitrogen and oxygen atoms in total. The Morgan fingerprint density at radius 3 is 2.06 bits per heavy atom. The van der Waals surface area contributed by atoms with Crippen LogP contribution in [0.2, 0.25) is 0 Å². The van der Waals surface area contributed by atoms with Gasteiger partial charge >= 0.3 is 0 Å². The third kappa shape index (κ3) is 4.29. The highest BCUT2D eigenvalue weighted by Crippen LogP contribution is 2.43. The minimum Gasteiger partial charge on any atom is -0.278 e. The fraction of sp³-hybridized carbons (Fsp3) is 0. The molecule has 0 aliphatic rings. The zero-order valence-electron chi connectivity index (χ0n) is 27.0. The van der Waals surface area contributed by atoms with E-state index >= 15 is 0 Å². The topological polar surface area (TPSA) is 54.5 Å². The van der Waals surface area contributed by atoms with Crippen LogP contribution in [0.1, 0.15) is 5.56 Å². The first-order chi connectivity index (χ1) is 25.2. The van der Waals surface area contributed by atoms with Gasteiger partial charge in [0.25, 0.3) is 0 Å². The smallest absolute Gasteiger partial charge is 0.236 e. The molecule has 0 aliphatic carbocycles. The Balaban J connectivity index is 1.23. The summed E-state index contributed by atoms with van der Waals surface area (Å²) in [4.78, 5) is 11.9. The molecule has 0 saturated carbocycles. The van der Waals surface area contributed by atoms with E-state index in [1.807, 2.05) is 35.6 Å². The third-order valence-electron chi connectivity index (χ3n) is 10.1. The molecule has 0 bridgehead atoms. The highest BCUT2D eigenvalue weighted by Gasteiger charge is 2.21. The molecule has 0 fully saturated rings. The predicted molar refractivity (Wildman–Crippen MR) is 215 cm³/mol. The Labute approximate surface area is 299 Å². The van der Waals surface area contributed by atoms with Crippen LogP contribution < -0.4 is 0 Å². The SMILES string of the molecule is N#Cc1ccc(-c2ccc3sc4nc(-n5c6ccccc6c6cc7ccccc7cc65)nc(-c5ccc6c(c5)sc5ccccc56)c4c3c2)cc1. The number of hydrogen-bond acceptors (Lipinski definition) is 5. The molecular weight excluding hydrogens is 661 g/mol. The summed E-state index contributed by atoms with van der Waals surface area (Å²) in [5, 5.41) is 18.9. The Bertz CT molecular complexity index is 3270. The van der Waals surface area contributed by atoms with E-state index in [0.29, 0.717) is 11.5 Å². The highest BCUT2D eigenvalue weighted by molar-refractivity contribution is 7.26. The molecule has 0 atom stereocenters. The second-order valence-corrected chi connectivity index (χ2v) is 15.0. The van der Waals surface area contributed by atoms with Gasteiger partial charge in [-0.3, -0.25) is 4.57 Å². The maximum absolute atomic E-state index is 9.37. The second kappa shape index (κ2) is 10.8. The van der Waals surface area contributed by atoms with Gasteiger partial charge in [0.05, 0.1) is 28.4 Å². The van der Waals surface area contributed by atoms with Gasteiger partial charge in [0, 0.05) is 52.0 Å². The van der Waals surface area contributed by atoms with E-state index in [4.69, 9.17) is 9.97 Å². The Morgan fingerprint density at radius 1 is 0.490 bits per heavy atom. The number of aromatic nitrogens is 3. The van der Waals surface area contributed by atoms with Gasteiger partial charge in [-0.15, -0.1) is 22.7 Å². The number of hydrogen-bond donors (Lipinski definition) is 0. The van der Waals surface area contributed by atoms with Gasteiger partial charge in [0.2, 0.25) is 5.95 Å². The van der Waals surface area contributed by atoms with Crippen molar-refractivity contribution in [3.05, 3.63) is 151 Å². The number of benzene rings is 7. The summed E-state index contributed by atoms with van der Waals surface area (Å²) in [6.45, 7) is 0. The lowest BCUT2D eigenvalue weighted by atomic mass is 10.00. The summed E-state index contributed by atoms with van der Waals surface area (Å²) in [5.41, 5.74) is 6.97. The van der Waals surface area contributed by atoms with Crippen molar-refractivity contribution in [1.29, 1.82) is 5.26 Å². The fourth-order valence-electron chi connectivity index (χ4n) is 7.63. The van der Waals surface area contributed by atoms with E-state index in [1.165, 1.54) is 41.7 Å². The lowest BCUT2D eigenvalue weighted by Crippen LogP contribution is -2.02. The summed E-state index contributed by atoms with van der Waals surface area (Å²) in [6, 6.07) is 53.7. The van der Waals surface area contributed by atoms with Crippen molar-refractivity contribution in [3.8, 4) is 34.4 Å². The van der Waals surface area contributed by atoms with Gasteiger partial charge < -0.3 is 0 Å². The largest absolute Gasteiger partial charge is 0.278 e. The van der Waals surface area contributed by atoms with Crippen molar-refractivity contribution < 1.29 is 0 Å². The summed E-state index contributed by atoms with van der Waals surface area (Å²) in [5.74, 6) is 0.661. The Kier molecular flexibility index (Phi) is 6.03. The zero-order valence-corrected chi connectivity index (χ0v) is 28.6. The number of nitriles is 1. The number of nitrogens with zero attached hydrogens (tertiary/aromatic N) is 4. The van der Waals surface area contributed by atoms with Crippen LogP contribution in [0, 0.1) is 11.3 Å². The molecule has 0 N–H and O–H groups in total. The molecule has 0 radical (unpaired) electrons. The zero-order chi connectivity index (χ0) is 33.6. The molecule has 6 heteroatoms. The van der Waals surface area contributed by atoms with Gasteiger partial charge in [0.15, 0.2) is 0 Å². The molecule has 0 spiro atoms. The minimum atomic E-state index is 0.652. The summed E-state index contributed by atoms with van der Waals surface area (Å²) in [7, 11) is 0. The molecule has 0 amide bonds. The van der Waals surface area contributed by atoms with Crippen molar-refractivity contribution in [3.63, 3.8) is 0 Å². The van der Waals surface area contributed by atoms with Gasteiger partial charge in [-0.25, -0.2) is 9.97 Å². The molecule has 0 unspecified atom stereocenters. The molecule has 11 aromatic rings. The summed E-state index contributed by atoms with van der Waals surface area (Å²) in [6.07, 6.45) is 0. The first-order valence-electron chi connectivity index (χ1n) is 16.8. The lowest BCUT2D eigenvalue weighted by Gasteiger charge is -2.11. The molecule has 4 aromatic heterocycles. The van der Waals surface area contributed by atoms with Crippen LogP contribution in [0.15, 0.2) is 146 Å². The quantitative estimate of drug-likeness (QED) is 0.186. The van der Waals surface area contributed by atoms with Crippen molar-refractivity contribution in [2.24, 2.45) is 0 Å². The molecule has 4 heterocycles. The summed E-state index contributed by atoms with van der Waals surface area (Å²) < 4.78 is 5.92. The number of para-hydroxylation sites is 1. The van der Waals surface area contributed by atoms with Crippen molar-refractivity contribution in [2.45, 2.75) is 0 Å². The monoisotopic (exact) mass is 684 g/mol. The number of rotatable bonds is 3. The van der Waals surface area contributed by atoms with E-state index in [0.717, 1.165) is 53.7 Å². The van der Waals surface area contributed by atoms with Crippen LogP contribution in [0.5, 0.6) is 0 Å². The molecule has 51 heavy (non-hydrogen) atoms. The maximum Gasteiger partial charge on any atom is 0.236 e. The average Bonchev–Trinajstić information content (AvgIpc) is 3.85. The molecule has 0 saturated heterocycles. The molecular formula is C45H24N4S2. The van der Waals surface area contributed by atoms with Crippen LogP contribution in [0.4, 0.5) is 0 Å². The van der Waals surface area contributed by atoms with Crippen LogP contribution in [0.3, 0.4) is 0 Å². The van der Waals surface area contributed by atoms with Gasteiger partial charge in [0.1, 0.15) is 4.83 Å². The van der Waals surface area contributed by atoms with Gasteiger partial charge in [-0.1, -0.05) is 91.0 Å². The van der Waals surface area contributed by atoms with Crippen LogP contribution in [-0.2, 0) is 0 Å². The first kappa shape index (κ1) is 28.4. The van der Waals surface area contributed by atoms with Crippen molar-refractivity contribution >= 4 is 95.7 Å². The predicted octanol–water partition coefficient (Wildman–Crippen LogP) is 12.7. The number of thiophene rings is 2. The number of fused-ring (bicyclic) bond motifs is 10. The molecule has 11 rings (SSSR count). The average molecular weight is 685 g/mol. The first-order valence-corrected chi connectivity index (χ1v) is 18.4. The standard InChI is InChI=1S/C45H24N4S2/c46-25-26-13-15-27(16-14-26)30-18-20-40-36(22-30)42-43(31-17-19-34-33-10-4-6-12-39(33)50-41(34)24-31)47-45(48-44(42)51-40)49-37-11-5-3-9-32(37)35-21-28-7-1-2-8-29(28)23-38(35)49/h1-24H. The van der Waals surface area contributed by atoms with Crippen LogP contribution >= 0.6 is 22.7 Å². The maximum atomic E-state index is 9.37. The van der Waals surface area contributed by atoms with Crippen molar-refractivity contribution in [2.75, 3.05) is 0 Å². The van der Waals surface area contributed by atoms with E-state index in [9.17, 15) is 5.26 Å². The minimum absolute atomic E-state index is 0.652. The van der Waals surface area contributed by atoms with E-state index in [1.54, 1.807) is 11.3 Å². The molecule has 0 aliphatic heterocycles. The van der Waals surface area contributed by atoms with Gasteiger partial charge in [-0.2, -0.15) is 5.26 Å². The highest BCUT2D eigenvalue weighted by atomic mass is 32.1. The lowest BCUT2D eigenvalue weighted by molar-refractivity contribution is 1.02. The van der Waals surface area contributed by atoms with Crippen molar-refractivity contribution in [1.82, 2.24) is 14.5 Å². The second-order valence-electron chi connectivity index (χ2n) is 12.9. The van der Waals surface area contributed by atoms with Crippen LogP contribution in [0.25, 0.3) is 101 Å². The van der Waals surface area contributed by atoms with E-state index in [-0.39, 0.29) is 0 Å². The normalized spacial score (nSPS) is 11.9.